The average Bonchev–Trinajstić information content (AvgIpc) is 3.11. The standard InChI is InChI=1S/C23H23N5O3S/c1-23(2)10-17-14(11-30-23)9-16-18-19(32-21(16)28-17)20(27-12-26-18)25-8-7-13-3-5-15(6-4-13)31-22(24)29/h3-6,9,12H,7-8,10-11H2,1-2H3,(H2,24,29)(H,25,26,27). The maximum Gasteiger partial charge on any atom is 0.409 e. The first-order valence-corrected chi connectivity index (χ1v) is 11.2. The Morgan fingerprint density at radius 3 is 2.88 bits per heavy atom. The van der Waals surface area contributed by atoms with Gasteiger partial charge in [0.1, 0.15) is 22.7 Å². The Hall–Kier alpha value is -3.30. The highest BCUT2D eigenvalue weighted by Gasteiger charge is 2.28. The molecule has 4 heterocycles. The van der Waals surface area contributed by atoms with E-state index in [9.17, 15) is 4.79 Å². The van der Waals surface area contributed by atoms with Gasteiger partial charge >= 0.3 is 6.09 Å². The van der Waals surface area contributed by atoms with Gasteiger partial charge < -0.3 is 20.5 Å². The summed E-state index contributed by atoms with van der Waals surface area (Å²) in [6.07, 6.45) is 2.35. The summed E-state index contributed by atoms with van der Waals surface area (Å²) in [4.78, 5) is 25.7. The molecule has 3 aromatic heterocycles. The van der Waals surface area contributed by atoms with Crippen LogP contribution in [0.5, 0.6) is 5.75 Å². The van der Waals surface area contributed by atoms with E-state index in [0.29, 0.717) is 18.9 Å². The van der Waals surface area contributed by atoms with E-state index in [4.69, 9.17) is 20.2 Å². The molecule has 1 aliphatic heterocycles. The van der Waals surface area contributed by atoms with E-state index in [1.807, 2.05) is 12.1 Å². The number of rotatable bonds is 5. The summed E-state index contributed by atoms with van der Waals surface area (Å²) < 4.78 is 11.8. The van der Waals surface area contributed by atoms with Crippen LogP contribution in [0.1, 0.15) is 30.7 Å². The fraction of sp³-hybridized carbons (Fsp3) is 0.304. The molecular formula is C23H23N5O3S. The van der Waals surface area contributed by atoms with Crippen LogP contribution < -0.4 is 15.8 Å². The molecule has 0 fully saturated rings. The maximum absolute atomic E-state index is 10.8. The zero-order chi connectivity index (χ0) is 22.3. The van der Waals surface area contributed by atoms with E-state index in [-0.39, 0.29) is 5.60 Å². The van der Waals surface area contributed by atoms with Crippen LogP contribution in [0.25, 0.3) is 20.4 Å². The van der Waals surface area contributed by atoms with Crippen molar-refractivity contribution in [2.75, 3.05) is 11.9 Å². The van der Waals surface area contributed by atoms with Gasteiger partial charge in [0.2, 0.25) is 0 Å². The molecule has 0 aliphatic carbocycles. The van der Waals surface area contributed by atoms with Crippen molar-refractivity contribution in [2.45, 2.75) is 38.9 Å². The summed E-state index contributed by atoms with van der Waals surface area (Å²) in [6.45, 7) is 5.46. The smallest absolute Gasteiger partial charge is 0.409 e. The van der Waals surface area contributed by atoms with Crippen molar-refractivity contribution < 1.29 is 14.3 Å². The molecule has 0 unspecified atom stereocenters. The van der Waals surface area contributed by atoms with Crippen LogP contribution in [0, 0.1) is 0 Å². The van der Waals surface area contributed by atoms with Crippen molar-refractivity contribution in [2.24, 2.45) is 5.73 Å². The zero-order valence-electron chi connectivity index (χ0n) is 17.8. The molecule has 0 radical (unpaired) electrons. The van der Waals surface area contributed by atoms with Gasteiger partial charge in [-0.25, -0.2) is 19.7 Å². The maximum atomic E-state index is 10.8. The van der Waals surface area contributed by atoms with Crippen LogP contribution >= 0.6 is 11.3 Å². The molecule has 1 aromatic carbocycles. The third-order valence-electron chi connectivity index (χ3n) is 5.47. The molecule has 164 valence electrons. The number of fused-ring (bicyclic) bond motifs is 4. The molecule has 1 aliphatic rings. The number of hydrogen-bond donors (Lipinski definition) is 2. The second-order valence-electron chi connectivity index (χ2n) is 8.42. The lowest BCUT2D eigenvalue weighted by Gasteiger charge is -2.30. The molecular weight excluding hydrogens is 426 g/mol. The highest BCUT2D eigenvalue weighted by Crippen LogP contribution is 2.37. The van der Waals surface area contributed by atoms with Crippen LogP contribution in [0.3, 0.4) is 0 Å². The first-order chi connectivity index (χ1) is 15.4. The summed E-state index contributed by atoms with van der Waals surface area (Å²) in [5.74, 6) is 1.24. The van der Waals surface area contributed by atoms with Gasteiger partial charge in [0.15, 0.2) is 0 Å². The number of carbonyl (C=O) groups is 1. The van der Waals surface area contributed by atoms with Gasteiger partial charge in [-0.05, 0) is 44.0 Å². The fourth-order valence-electron chi connectivity index (χ4n) is 3.88. The SMILES string of the molecule is CC1(C)Cc2nc3sc4c(NCCc5ccc(OC(N)=O)cc5)ncnc4c3cc2CO1. The molecule has 32 heavy (non-hydrogen) atoms. The lowest BCUT2D eigenvalue weighted by molar-refractivity contribution is -0.0411. The number of nitrogens with zero attached hydrogens (tertiary/aromatic N) is 3. The van der Waals surface area contributed by atoms with Gasteiger partial charge in [0.25, 0.3) is 0 Å². The van der Waals surface area contributed by atoms with Gasteiger partial charge in [-0.2, -0.15) is 0 Å². The number of nitrogens with two attached hydrogens (primary N) is 1. The Kier molecular flexibility index (Phi) is 5.15. The van der Waals surface area contributed by atoms with E-state index >= 15 is 0 Å². The molecule has 5 rings (SSSR count). The molecule has 0 bridgehead atoms. The minimum atomic E-state index is -0.817. The first-order valence-electron chi connectivity index (χ1n) is 10.4. The van der Waals surface area contributed by atoms with Crippen molar-refractivity contribution in [3.05, 3.63) is 53.5 Å². The zero-order valence-corrected chi connectivity index (χ0v) is 18.7. The number of nitrogens with one attached hydrogen (secondary N) is 1. The number of aromatic nitrogens is 3. The molecule has 4 aromatic rings. The number of benzene rings is 1. The van der Waals surface area contributed by atoms with Crippen molar-refractivity contribution in [3.8, 4) is 5.75 Å². The Bertz CT molecular complexity index is 1320. The predicted octanol–water partition coefficient (Wildman–Crippen LogP) is 4.20. The lowest BCUT2D eigenvalue weighted by Crippen LogP contribution is -2.32. The Labute approximate surface area is 188 Å². The number of thiophene rings is 1. The highest BCUT2D eigenvalue weighted by molar-refractivity contribution is 7.25. The van der Waals surface area contributed by atoms with Gasteiger partial charge in [-0.1, -0.05) is 12.1 Å². The molecule has 0 spiro atoms. The van der Waals surface area contributed by atoms with Crippen molar-refractivity contribution in [1.82, 2.24) is 15.0 Å². The number of primary amides is 1. The van der Waals surface area contributed by atoms with E-state index < -0.39 is 6.09 Å². The van der Waals surface area contributed by atoms with Gasteiger partial charge in [-0.3, -0.25) is 0 Å². The Morgan fingerprint density at radius 1 is 1.28 bits per heavy atom. The topological polar surface area (TPSA) is 112 Å². The van der Waals surface area contributed by atoms with Crippen molar-refractivity contribution in [3.63, 3.8) is 0 Å². The number of anilines is 1. The van der Waals surface area contributed by atoms with Crippen LogP contribution in [0.15, 0.2) is 36.7 Å². The average molecular weight is 450 g/mol. The number of hydrogen-bond acceptors (Lipinski definition) is 8. The molecule has 0 atom stereocenters. The molecule has 0 saturated carbocycles. The summed E-state index contributed by atoms with van der Waals surface area (Å²) in [6, 6.07) is 9.44. The quantitative estimate of drug-likeness (QED) is 0.469. The summed E-state index contributed by atoms with van der Waals surface area (Å²) in [7, 11) is 0. The van der Waals surface area contributed by atoms with Gasteiger partial charge in [0, 0.05) is 23.9 Å². The third kappa shape index (κ3) is 4.09. The van der Waals surface area contributed by atoms with E-state index in [1.54, 1.807) is 29.8 Å². The second-order valence-corrected chi connectivity index (χ2v) is 9.42. The Morgan fingerprint density at radius 2 is 2.09 bits per heavy atom. The van der Waals surface area contributed by atoms with Crippen LogP contribution in [0.2, 0.25) is 0 Å². The normalized spacial score (nSPS) is 14.9. The molecule has 3 N–H and O–H groups in total. The van der Waals surface area contributed by atoms with E-state index in [1.165, 1.54) is 0 Å². The molecule has 0 saturated heterocycles. The van der Waals surface area contributed by atoms with Crippen molar-refractivity contribution in [1.29, 1.82) is 0 Å². The number of ether oxygens (including phenoxy) is 2. The van der Waals surface area contributed by atoms with Crippen LogP contribution in [0.4, 0.5) is 10.6 Å². The second kappa shape index (κ2) is 7.99. The molecule has 8 nitrogen and oxygen atoms in total. The molecule has 9 heteroatoms. The summed E-state index contributed by atoms with van der Waals surface area (Å²) in [5.41, 5.74) is 9.09. The van der Waals surface area contributed by atoms with Crippen LogP contribution in [-0.4, -0.2) is 33.2 Å². The lowest BCUT2D eigenvalue weighted by atomic mass is 9.95. The number of carbonyl (C=O) groups excluding carboxylic acids is 1. The van der Waals surface area contributed by atoms with Crippen molar-refractivity contribution >= 4 is 43.7 Å². The minimum absolute atomic E-state index is 0.193. The number of amides is 1. The van der Waals surface area contributed by atoms with E-state index in [0.717, 1.165) is 55.9 Å². The highest BCUT2D eigenvalue weighted by atomic mass is 32.1. The summed E-state index contributed by atoms with van der Waals surface area (Å²) in [5, 5.41) is 4.47. The van der Waals surface area contributed by atoms with Gasteiger partial charge in [0.05, 0.1) is 28.1 Å². The monoisotopic (exact) mass is 449 g/mol. The first kappa shape index (κ1) is 20.6. The van der Waals surface area contributed by atoms with Gasteiger partial charge in [-0.15, -0.1) is 11.3 Å². The largest absolute Gasteiger partial charge is 0.411 e. The summed E-state index contributed by atoms with van der Waals surface area (Å²) >= 11 is 1.62. The minimum Gasteiger partial charge on any atom is -0.411 e. The van der Waals surface area contributed by atoms with Crippen LogP contribution in [-0.2, 0) is 24.2 Å². The van der Waals surface area contributed by atoms with E-state index in [2.05, 4.69) is 35.2 Å². The predicted molar refractivity (Wildman–Crippen MR) is 124 cm³/mol. The fourth-order valence-corrected chi connectivity index (χ4v) is 4.97. The third-order valence-corrected chi connectivity index (χ3v) is 6.57. The molecule has 1 amide bonds. The number of pyridine rings is 1. The Balaban J connectivity index is 1.36.